The van der Waals surface area contributed by atoms with Gasteiger partial charge in [-0.25, -0.2) is 0 Å². The van der Waals surface area contributed by atoms with E-state index in [1.807, 2.05) is 23.1 Å². The Morgan fingerprint density at radius 1 is 0.967 bits per heavy atom. The maximum absolute atomic E-state index is 12.7. The van der Waals surface area contributed by atoms with Crippen LogP contribution in [0.15, 0.2) is 59.1 Å². The molecule has 0 bridgehead atoms. The third-order valence-electron chi connectivity index (χ3n) is 4.98. The van der Waals surface area contributed by atoms with Gasteiger partial charge in [0.05, 0.1) is 12.1 Å². The van der Waals surface area contributed by atoms with Gasteiger partial charge in [0.25, 0.3) is 5.91 Å². The molecule has 1 fully saturated rings. The topological polar surface area (TPSA) is 62.5 Å². The first-order valence-electron chi connectivity index (χ1n) is 9.47. The van der Waals surface area contributed by atoms with Gasteiger partial charge in [0.1, 0.15) is 0 Å². The molecule has 30 heavy (non-hydrogen) atoms. The quantitative estimate of drug-likeness (QED) is 0.649. The van der Waals surface area contributed by atoms with E-state index >= 15 is 0 Å². The Bertz CT molecular complexity index is 995. The normalized spacial score (nSPS) is 15.4. The minimum Gasteiger partial charge on any atom is -0.338 e. The van der Waals surface area contributed by atoms with Crippen LogP contribution >= 0.6 is 0 Å². The first kappa shape index (κ1) is 20.1. The predicted molar refractivity (Wildman–Crippen MR) is 102 cm³/mol. The van der Waals surface area contributed by atoms with Gasteiger partial charge in [-0.15, -0.1) is 0 Å². The zero-order valence-corrected chi connectivity index (χ0v) is 16.0. The molecular weight excluding hydrogens is 397 g/mol. The average Bonchev–Trinajstić information content (AvgIpc) is 3.22. The van der Waals surface area contributed by atoms with Crippen molar-refractivity contribution in [1.82, 2.24) is 19.9 Å². The molecule has 1 amide bonds. The summed E-state index contributed by atoms with van der Waals surface area (Å²) in [5.74, 6) is 0.641. The van der Waals surface area contributed by atoms with E-state index < -0.39 is 11.7 Å². The predicted octanol–water partition coefficient (Wildman–Crippen LogP) is 3.71. The van der Waals surface area contributed by atoms with Crippen molar-refractivity contribution in [3.8, 4) is 11.4 Å². The fourth-order valence-corrected chi connectivity index (χ4v) is 3.31. The number of halogens is 3. The van der Waals surface area contributed by atoms with Crippen LogP contribution in [0, 0.1) is 0 Å². The van der Waals surface area contributed by atoms with Crippen molar-refractivity contribution in [1.29, 1.82) is 0 Å². The van der Waals surface area contributed by atoms with Gasteiger partial charge in [0, 0.05) is 37.3 Å². The summed E-state index contributed by atoms with van der Waals surface area (Å²) in [5, 5.41) is 3.87. The van der Waals surface area contributed by atoms with E-state index in [0.29, 0.717) is 49.7 Å². The molecule has 156 valence electrons. The van der Waals surface area contributed by atoms with Crippen LogP contribution in [0.5, 0.6) is 0 Å². The number of hydrogen-bond acceptors (Lipinski definition) is 5. The van der Waals surface area contributed by atoms with Crippen molar-refractivity contribution in [2.75, 3.05) is 26.2 Å². The van der Waals surface area contributed by atoms with Crippen LogP contribution in [-0.4, -0.2) is 52.0 Å². The fraction of sp³-hybridized carbons (Fsp3) is 0.286. The van der Waals surface area contributed by atoms with Gasteiger partial charge >= 0.3 is 6.18 Å². The molecule has 9 heteroatoms. The van der Waals surface area contributed by atoms with E-state index in [1.54, 1.807) is 12.1 Å². The number of aromatic nitrogens is 2. The Labute approximate surface area is 170 Å². The molecule has 0 atom stereocenters. The van der Waals surface area contributed by atoms with Crippen LogP contribution in [0.4, 0.5) is 13.2 Å². The second kappa shape index (κ2) is 8.27. The maximum atomic E-state index is 12.7. The average molecular weight is 416 g/mol. The van der Waals surface area contributed by atoms with Crippen molar-refractivity contribution >= 4 is 5.91 Å². The van der Waals surface area contributed by atoms with E-state index in [4.69, 9.17) is 4.52 Å². The Morgan fingerprint density at radius 3 is 2.27 bits per heavy atom. The van der Waals surface area contributed by atoms with Gasteiger partial charge < -0.3 is 9.42 Å². The number of carbonyl (C=O) groups is 1. The van der Waals surface area contributed by atoms with Crippen molar-refractivity contribution in [3.05, 3.63) is 71.6 Å². The van der Waals surface area contributed by atoms with E-state index in [-0.39, 0.29) is 11.7 Å². The molecule has 4 rings (SSSR count). The van der Waals surface area contributed by atoms with Gasteiger partial charge in [-0.1, -0.05) is 35.5 Å². The highest BCUT2D eigenvalue weighted by Crippen LogP contribution is 2.30. The molecule has 3 aromatic rings. The Balaban J connectivity index is 1.33. The lowest BCUT2D eigenvalue weighted by molar-refractivity contribution is -0.137. The summed E-state index contributed by atoms with van der Waals surface area (Å²) < 4.78 is 43.3. The lowest BCUT2D eigenvalue weighted by atomic mass is 10.1. The molecule has 1 saturated heterocycles. The molecule has 2 heterocycles. The lowest BCUT2D eigenvalue weighted by Crippen LogP contribution is -2.48. The van der Waals surface area contributed by atoms with Crippen molar-refractivity contribution in [2.45, 2.75) is 12.7 Å². The lowest BCUT2D eigenvalue weighted by Gasteiger charge is -2.34. The number of piperazine rings is 1. The van der Waals surface area contributed by atoms with Crippen molar-refractivity contribution in [3.63, 3.8) is 0 Å². The highest BCUT2D eigenvalue weighted by molar-refractivity contribution is 5.94. The number of nitrogens with zero attached hydrogens (tertiary/aromatic N) is 4. The van der Waals surface area contributed by atoms with Gasteiger partial charge in [-0.2, -0.15) is 18.2 Å². The summed E-state index contributed by atoms with van der Waals surface area (Å²) >= 11 is 0. The van der Waals surface area contributed by atoms with Crippen LogP contribution in [0.1, 0.15) is 21.8 Å². The number of benzene rings is 2. The number of alkyl halides is 3. The Morgan fingerprint density at radius 2 is 1.63 bits per heavy atom. The van der Waals surface area contributed by atoms with Crippen molar-refractivity contribution < 1.29 is 22.5 Å². The van der Waals surface area contributed by atoms with Crippen LogP contribution in [0.3, 0.4) is 0 Å². The van der Waals surface area contributed by atoms with Crippen LogP contribution < -0.4 is 0 Å². The maximum Gasteiger partial charge on any atom is 0.416 e. The van der Waals surface area contributed by atoms with E-state index in [2.05, 4.69) is 15.0 Å². The summed E-state index contributed by atoms with van der Waals surface area (Å²) in [7, 11) is 0. The largest absolute Gasteiger partial charge is 0.416 e. The Kier molecular flexibility index (Phi) is 5.54. The molecular formula is C21H19F3N4O2. The summed E-state index contributed by atoms with van der Waals surface area (Å²) in [6.07, 6.45) is -4.38. The molecule has 6 nitrogen and oxygen atoms in total. The Hall–Kier alpha value is -3.20. The molecule has 2 aromatic carbocycles. The minimum atomic E-state index is -4.38. The molecule has 0 saturated carbocycles. The van der Waals surface area contributed by atoms with Crippen molar-refractivity contribution in [2.24, 2.45) is 0 Å². The van der Waals surface area contributed by atoms with Crippen LogP contribution in [0.2, 0.25) is 0 Å². The van der Waals surface area contributed by atoms with E-state index in [9.17, 15) is 18.0 Å². The fourth-order valence-electron chi connectivity index (χ4n) is 3.31. The van der Waals surface area contributed by atoms with Crippen LogP contribution in [0.25, 0.3) is 11.4 Å². The monoisotopic (exact) mass is 416 g/mol. The highest BCUT2D eigenvalue weighted by atomic mass is 19.4. The zero-order chi connectivity index (χ0) is 21.1. The third kappa shape index (κ3) is 4.51. The smallest absolute Gasteiger partial charge is 0.338 e. The molecule has 0 unspecified atom stereocenters. The number of carbonyl (C=O) groups excluding carboxylic acids is 1. The van der Waals surface area contributed by atoms with E-state index in [0.717, 1.165) is 12.1 Å². The number of amides is 1. The van der Waals surface area contributed by atoms with Gasteiger partial charge in [-0.05, 0) is 24.3 Å². The van der Waals surface area contributed by atoms with Gasteiger partial charge in [0.15, 0.2) is 0 Å². The summed E-state index contributed by atoms with van der Waals surface area (Å²) in [6.45, 7) is 2.93. The molecule has 1 aliphatic rings. The summed E-state index contributed by atoms with van der Waals surface area (Å²) in [4.78, 5) is 20.7. The van der Waals surface area contributed by atoms with Crippen LogP contribution in [-0.2, 0) is 12.7 Å². The summed E-state index contributed by atoms with van der Waals surface area (Å²) in [6, 6.07) is 13.8. The molecule has 0 N–H and O–H groups in total. The standard InChI is InChI=1S/C21H19F3N4O2/c22-21(23,24)17-8-6-15(7-9-17)19-25-18(30-26-19)14-27-10-12-28(13-11-27)20(29)16-4-2-1-3-5-16/h1-9H,10-14H2. The third-order valence-corrected chi connectivity index (χ3v) is 4.98. The first-order chi connectivity index (χ1) is 14.4. The number of rotatable bonds is 4. The number of hydrogen-bond donors (Lipinski definition) is 0. The zero-order valence-electron chi connectivity index (χ0n) is 16.0. The highest BCUT2D eigenvalue weighted by Gasteiger charge is 2.30. The molecule has 0 aliphatic carbocycles. The SMILES string of the molecule is O=C(c1ccccc1)N1CCN(Cc2nc(-c3ccc(C(F)(F)F)cc3)no2)CC1. The molecule has 0 spiro atoms. The molecule has 0 radical (unpaired) electrons. The first-order valence-corrected chi connectivity index (χ1v) is 9.47. The molecule has 1 aromatic heterocycles. The minimum absolute atomic E-state index is 0.0117. The van der Waals surface area contributed by atoms with Gasteiger partial charge in [0.2, 0.25) is 11.7 Å². The molecule has 1 aliphatic heterocycles. The second-order valence-electron chi connectivity index (χ2n) is 7.02. The summed E-state index contributed by atoms with van der Waals surface area (Å²) in [5.41, 5.74) is 0.401. The second-order valence-corrected chi connectivity index (χ2v) is 7.02. The van der Waals surface area contributed by atoms with E-state index in [1.165, 1.54) is 12.1 Å². The van der Waals surface area contributed by atoms with Gasteiger partial charge in [-0.3, -0.25) is 9.69 Å².